The molecule has 2 fully saturated rings. The van der Waals surface area contributed by atoms with E-state index in [1.165, 1.54) is 82.3 Å². The van der Waals surface area contributed by atoms with Gasteiger partial charge < -0.3 is 25.3 Å². The van der Waals surface area contributed by atoms with Gasteiger partial charge in [0.2, 0.25) is 0 Å². The summed E-state index contributed by atoms with van der Waals surface area (Å²) < 4.78 is 0. The number of carbonyl (C=O) groups is 1. The van der Waals surface area contributed by atoms with E-state index in [9.17, 15) is 9.90 Å². The van der Waals surface area contributed by atoms with Crippen molar-refractivity contribution in [1.29, 1.82) is 0 Å². The van der Waals surface area contributed by atoms with Crippen LogP contribution in [0.3, 0.4) is 0 Å². The molecule has 3 aliphatic rings. The summed E-state index contributed by atoms with van der Waals surface area (Å²) in [5, 5.41) is 21.8. The molecule has 0 bridgehead atoms. The molecule has 0 aliphatic carbocycles. The Hall–Kier alpha value is -2.64. The van der Waals surface area contributed by atoms with Crippen molar-refractivity contribution in [2.45, 2.75) is 84.0 Å². The zero-order valence-corrected chi connectivity index (χ0v) is 24.7. The minimum atomic E-state index is -0.876. The summed E-state index contributed by atoms with van der Waals surface area (Å²) >= 11 is 0. The Balaban J connectivity index is 0.000000186. The fourth-order valence-corrected chi connectivity index (χ4v) is 6.29. The molecular formula is C33H50N4O3. The van der Waals surface area contributed by atoms with E-state index in [4.69, 9.17) is 10.1 Å². The number of carboxylic acid groups (broad SMARTS) is 1. The van der Waals surface area contributed by atoms with Crippen molar-refractivity contribution in [2.24, 2.45) is 5.41 Å². The number of nitrogens with zero attached hydrogens (tertiary/aromatic N) is 3. The third-order valence-electron chi connectivity index (χ3n) is 8.56. The quantitative estimate of drug-likeness (QED) is 0.368. The van der Waals surface area contributed by atoms with Gasteiger partial charge in [-0.25, -0.2) is 4.98 Å². The van der Waals surface area contributed by atoms with Gasteiger partial charge in [0, 0.05) is 36.9 Å². The minimum absolute atomic E-state index is 0.0363. The van der Waals surface area contributed by atoms with E-state index in [0.717, 1.165) is 43.1 Å². The first-order valence-corrected chi connectivity index (χ1v) is 15.5. The summed E-state index contributed by atoms with van der Waals surface area (Å²) in [6, 6.07) is 12.5. The van der Waals surface area contributed by atoms with Gasteiger partial charge in [-0.1, -0.05) is 38.5 Å². The van der Waals surface area contributed by atoms with E-state index in [-0.39, 0.29) is 18.9 Å². The number of rotatable bonds is 9. The highest BCUT2D eigenvalue weighted by Crippen LogP contribution is 2.33. The van der Waals surface area contributed by atoms with Crippen molar-refractivity contribution in [3.63, 3.8) is 0 Å². The maximum atomic E-state index is 10.9. The van der Waals surface area contributed by atoms with E-state index in [2.05, 4.69) is 47.2 Å². The topological polar surface area (TPSA) is 88.9 Å². The molecule has 3 N–H and O–H groups in total. The Bertz CT molecular complexity index is 1080. The highest BCUT2D eigenvalue weighted by atomic mass is 16.4. The first-order valence-electron chi connectivity index (χ1n) is 15.5. The highest BCUT2D eigenvalue weighted by molar-refractivity contribution is 5.68. The van der Waals surface area contributed by atoms with Crippen LogP contribution in [0.4, 0.5) is 11.5 Å². The molecule has 0 spiro atoms. The number of likely N-dealkylation sites (tertiary alicyclic amines) is 1. The van der Waals surface area contributed by atoms with Crippen LogP contribution in [0.15, 0.2) is 36.4 Å². The van der Waals surface area contributed by atoms with Crippen molar-refractivity contribution >= 4 is 17.5 Å². The maximum Gasteiger partial charge on any atom is 0.304 e. The molecule has 0 amide bonds. The average molecular weight is 551 g/mol. The average Bonchev–Trinajstić information content (AvgIpc) is 2.96. The number of aliphatic hydroxyl groups excluding tert-OH is 1. The molecule has 220 valence electrons. The largest absolute Gasteiger partial charge is 0.481 e. The number of pyridine rings is 1. The van der Waals surface area contributed by atoms with Gasteiger partial charge >= 0.3 is 5.97 Å². The Morgan fingerprint density at radius 3 is 2.65 bits per heavy atom. The second-order valence-electron chi connectivity index (χ2n) is 12.6. The van der Waals surface area contributed by atoms with E-state index >= 15 is 0 Å². The molecule has 3 aliphatic heterocycles. The number of fused-ring (bicyclic) bond motifs is 1. The molecule has 1 aromatic heterocycles. The van der Waals surface area contributed by atoms with Crippen LogP contribution >= 0.6 is 0 Å². The van der Waals surface area contributed by atoms with Gasteiger partial charge in [0.25, 0.3) is 0 Å². The number of anilines is 2. The van der Waals surface area contributed by atoms with Gasteiger partial charge in [-0.3, -0.25) is 4.79 Å². The molecule has 1 aromatic carbocycles. The van der Waals surface area contributed by atoms with Crippen LogP contribution in [0, 0.1) is 5.41 Å². The van der Waals surface area contributed by atoms with Gasteiger partial charge in [-0.15, -0.1) is 0 Å². The number of aliphatic hydroxyl groups is 1. The van der Waals surface area contributed by atoms with Crippen LogP contribution in [-0.4, -0.2) is 71.9 Å². The molecule has 4 heterocycles. The number of hydrogen-bond acceptors (Lipinski definition) is 6. The summed E-state index contributed by atoms with van der Waals surface area (Å²) in [6.07, 6.45) is 11.4. The fraction of sp³-hybridized carbons (Fsp3) is 0.636. The second-order valence-corrected chi connectivity index (χ2v) is 12.6. The Kier molecular flexibility index (Phi) is 11.2. The number of carboxylic acids is 1. The van der Waals surface area contributed by atoms with E-state index in [1.54, 1.807) is 0 Å². The Morgan fingerprint density at radius 1 is 1.07 bits per heavy atom. The lowest BCUT2D eigenvalue weighted by Gasteiger charge is -2.39. The number of benzene rings is 1. The van der Waals surface area contributed by atoms with E-state index < -0.39 is 5.97 Å². The molecule has 7 nitrogen and oxygen atoms in total. The highest BCUT2D eigenvalue weighted by Gasteiger charge is 2.27. The van der Waals surface area contributed by atoms with Crippen LogP contribution in [0.5, 0.6) is 0 Å². The minimum Gasteiger partial charge on any atom is -0.481 e. The smallest absolute Gasteiger partial charge is 0.304 e. The third kappa shape index (κ3) is 9.20. The normalized spacial score (nSPS) is 19.5. The molecule has 0 saturated carbocycles. The van der Waals surface area contributed by atoms with Gasteiger partial charge in [-0.2, -0.15) is 0 Å². The molecule has 2 aromatic rings. The summed E-state index contributed by atoms with van der Waals surface area (Å²) in [6.45, 7) is 11.4. The van der Waals surface area contributed by atoms with Crippen LogP contribution in [0.25, 0.3) is 0 Å². The number of aliphatic carboxylic acids is 1. The van der Waals surface area contributed by atoms with Gasteiger partial charge in [0.1, 0.15) is 5.82 Å². The standard InChI is InChI=1S/C17H25NO3.C16H25N3/c1-17(2)7-4-8-18(12-17)15-6-3-5-13(9-15)14(11-19)10-16(20)21;1-2-11-19(12-3-1)13-5-7-15-9-8-14-6-4-10-17-16(14)18-15/h3,5-6,9,14,19H,4,7-8,10-12H2,1-2H3,(H,20,21);8-9H,1-7,10-13H2,(H,17,18). The summed E-state index contributed by atoms with van der Waals surface area (Å²) in [5.74, 6) is -0.0690. The van der Waals surface area contributed by atoms with Crippen molar-refractivity contribution in [2.75, 3.05) is 56.1 Å². The first-order chi connectivity index (χ1) is 19.3. The molecule has 5 rings (SSSR count). The van der Waals surface area contributed by atoms with Gasteiger partial charge in [0.05, 0.1) is 13.0 Å². The molecule has 1 atom stereocenters. The molecule has 40 heavy (non-hydrogen) atoms. The van der Waals surface area contributed by atoms with Crippen LogP contribution in [0.1, 0.15) is 88.0 Å². The Labute approximate surface area is 241 Å². The van der Waals surface area contributed by atoms with Gasteiger partial charge in [0.15, 0.2) is 0 Å². The number of nitrogens with one attached hydrogen (secondary N) is 1. The number of piperidine rings is 2. The van der Waals surface area contributed by atoms with E-state index in [1.807, 2.05) is 18.2 Å². The molecule has 1 unspecified atom stereocenters. The molecule has 2 saturated heterocycles. The number of aromatic nitrogens is 1. The first kappa shape index (κ1) is 30.3. The maximum absolute atomic E-state index is 10.9. The molecule has 0 radical (unpaired) electrons. The van der Waals surface area contributed by atoms with Crippen molar-refractivity contribution in [3.05, 3.63) is 53.2 Å². The predicted octanol–water partition coefficient (Wildman–Crippen LogP) is 5.72. The monoisotopic (exact) mass is 550 g/mol. The van der Waals surface area contributed by atoms with Crippen LogP contribution in [0.2, 0.25) is 0 Å². The summed E-state index contributed by atoms with van der Waals surface area (Å²) in [4.78, 5) is 20.6. The lowest BCUT2D eigenvalue weighted by atomic mass is 9.84. The molecule has 7 heteroatoms. The van der Waals surface area contributed by atoms with Crippen LogP contribution in [-0.2, 0) is 17.6 Å². The summed E-state index contributed by atoms with van der Waals surface area (Å²) in [5.41, 5.74) is 4.99. The zero-order chi connectivity index (χ0) is 28.4. The zero-order valence-electron chi connectivity index (χ0n) is 24.7. The third-order valence-corrected chi connectivity index (χ3v) is 8.56. The van der Waals surface area contributed by atoms with Gasteiger partial charge in [-0.05, 0) is 106 Å². The fourth-order valence-electron chi connectivity index (χ4n) is 6.29. The van der Waals surface area contributed by atoms with E-state index in [0.29, 0.717) is 5.41 Å². The Morgan fingerprint density at radius 2 is 1.90 bits per heavy atom. The van der Waals surface area contributed by atoms with Crippen molar-refractivity contribution < 1.29 is 15.0 Å². The predicted molar refractivity (Wildman–Crippen MR) is 163 cm³/mol. The SMILES string of the molecule is CC1(C)CCCN(c2cccc(C(CO)CC(=O)O)c2)C1.c1cc2c(nc1CCCN1CCCCC1)NCCC2. The van der Waals surface area contributed by atoms with Crippen LogP contribution < -0.4 is 10.2 Å². The lowest BCUT2D eigenvalue weighted by Crippen LogP contribution is -2.40. The van der Waals surface area contributed by atoms with Crippen molar-refractivity contribution in [3.8, 4) is 0 Å². The van der Waals surface area contributed by atoms with Crippen molar-refractivity contribution in [1.82, 2.24) is 9.88 Å². The lowest BCUT2D eigenvalue weighted by molar-refractivity contribution is -0.137. The molecular weight excluding hydrogens is 500 g/mol. The second kappa shape index (κ2) is 14.8. The number of hydrogen-bond donors (Lipinski definition) is 3. The number of aryl methyl sites for hydroxylation is 2. The summed E-state index contributed by atoms with van der Waals surface area (Å²) in [7, 11) is 0.